The fourth-order valence-corrected chi connectivity index (χ4v) is 3.18. The summed E-state index contributed by atoms with van der Waals surface area (Å²) in [6.45, 7) is 3.95. The molecule has 0 amide bonds. The van der Waals surface area contributed by atoms with Crippen molar-refractivity contribution in [3.63, 3.8) is 0 Å². The highest BCUT2D eigenvalue weighted by molar-refractivity contribution is 5.97. The first kappa shape index (κ1) is 14.6. The van der Waals surface area contributed by atoms with E-state index in [9.17, 15) is 4.79 Å². The fourth-order valence-electron chi connectivity index (χ4n) is 3.18. The third kappa shape index (κ3) is 2.85. The number of rotatable bonds is 3. The molecule has 21 heavy (non-hydrogen) atoms. The molecule has 0 bridgehead atoms. The summed E-state index contributed by atoms with van der Waals surface area (Å²) in [5.41, 5.74) is 1.15. The van der Waals surface area contributed by atoms with Gasteiger partial charge in [-0.3, -0.25) is 4.79 Å². The van der Waals surface area contributed by atoms with Crippen LogP contribution in [0.2, 0.25) is 0 Å². The van der Waals surface area contributed by atoms with E-state index >= 15 is 0 Å². The maximum absolute atomic E-state index is 12.1. The van der Waals surface area contributed by atoms with Gasteiger partial charge in [-0.15, -0.1) is 0 Å². The maximum atomic E-state index is 12.1. The number of Topliss-reactive ketones (excluding diaryl/α,β-unsaturated/α-hetero) is 1. The quantitative estimate of drug-likeness (QED) is 0.800. The number of aryl methyl sites for hydroxylation is 1. The molecule has 0 saturated carbocycles. The molecule has 1 aliphatic carbocycles. The number of nitrogens with zero attached hydrogens (tertiary/aromatic N) is 2. The van der Waals surface area contributed by atoms with E-state index in [4.69, 9.17) is 14.5 Å². The number of hydrogen-bond acceptors (Lipinski definition) is 5. The van der Waals surface area contributed by atoms with Gasteiger partial charge in [0, 0.05) is 45.3 Å². The number of ketones is 1. The summed E-state index contributed by atoms with van der Waals surface area (Å²) < 4.78 is 11.5. The van der Waals surface area contributed by atoms with Crippen LogP contribution in [-0.4, -0.2) is 35.6 Å². The van der Waals surface area contributed by atoms with Crippen molar-refractivity contribution < 1.29 is 14.3 Å². The molecule has 1 fully saturated rings. The van der Waals surface area contributed by atoms with Crippen molar-refractivity contribution in [3.05, 3.63) is 23.3 Å². The Morgan fingerprint density at radius 3 is 2.81 bits per heavy atom. The van der Waals surface area contributed by atoms with Crippen LogP contribution in [0.15, 0.2) is 6.20 Å². The zero-order valence-electron chi connectivity index (χ0n) is 12.6. The lowest BCUT2D eigenvalue weighted by atomic mass is 9.92. The van der Waals surface area contributed by atoms with Gasteiger partial charge in [0.2, 0.25) is 0 Å². The van der Waals surface area contributed by atoms with Crippen molar-refractivity contribution in [1.82, 2.24) is 9.97 Å². The van der Waals surface area contributed by atoms with E-state index in [1.165, 1.54) is 0 Å². The molecule has 0 atom stereocenters. The minimum Gasteiger partial charge on any atom is -0.381 e. The Hall–Kier alpha value is -1.33. The second kappa shape index (κ2) is 6.20. The van der Waals surface area contributed by atoms with Crippen LogP contribution in [-0.2, 0) is 21.5 Å². The van der Waals surface area contributed by atoms with E-state index < -0.39 is 5.60 Å². The lowest BCUT2D eigenvalue weighted by molar-refractivity contribution is -0.118. The molecule has 2 aliphatic rings. The highest BCUT2D eigenvalue weighted by Crippen LogP contribution is 2.34. The van der Waals surface area contributed by atoms with Crippen LogP contribution in [0.1, 0.15) is 60.9 Å². The second-order valence-corrected chi connectivity index (χ2v) is 5.72. The van der Waals surface area contributed by atoms with E-state index in [2.05, 4.69) is 4.98 Å². The molecule has 5 heteroatoms. The Morgan fingerprint density at radius 1 is 1.29 bits per heavy atom. The third-order valence-corrected chi connectivity index (χ3v) is 4.36. The Balaban J connectivity index is 1.97. The predicted octanol–water partition coefficient (Wildman–Crippen LogP) is 2.43. The molecule has 114 valence electrons. The van der Waals surface area contributed by atoms with Crippen molar-refractivity contribution in [3.8, 4) is 0 Å². The van der Waals surface area contributed by atoms with E-state index in [0.717, 1.165) is 43.6 Å². The molecule has 0 spiro atoms. The number of carbonyl (C=O) groups excluding carboxylic acids is 1. The highest BCUT2D eigenvalue weighted by atomic mass is 16.5. The number of carbonyl (C=O) groups is 1. The first-order valence-electron chi connectivity index (χ1n) is 7.86. The van der Waals surface area contributed by atoms with Gasteiger partial charge >= 0.3 is 0 Å². The first-order valence-corrected chi connectivity index (χ1v) is 7.86. The molecule has 0 N–H and O–H groups in total. The maximum Gasteiger partial charge on any atom is 0.166 e. The molecule has 2 heterocycles. The van der Waals surface area contributed by atoms with E-state index in [1.54, 1.807) is 6.20 Å². The van der Waals surface area contributed by atoms with Crippen LogP contribution in [0, 0.1) is 0 Å². The lowest BCUT2D eigenvalue weighted by Gasteiger charge is -2.35. The van der Waals surface area contributed by atoms with Crippen LogP contribution in [0.3, 0.4) is 0 Å². The highest BCUT2D eigenvalue weighted by Gasteiger charge is 2.38. The molecule has 1 aromatic heterocycles. The molecular weight excluding hydrogens is 268 g/mol. The Morgan fingerprint density at radius 2 is 2.05 bits per heavy atom. The fraction of sp³-hybridized carbons (Fsp3) is 0.688. The number of fused-ring (bicyclic) bond motifs is 1. The minimum absolute atomic E-state index is 0.173. The van der Waals surface area contributed by atoms with Gasteiger partial charge in [0.15, 0.2) is 11.6 Å². The average molecular weight is 290 g/mol. The van der Waals surface area contributed by atoms with Gasteiger partial charge in [-0.05, 0) is 26.2 Å². The van der Waals surface area contributed by atoms with E-state index in [1.807, 2.05) is 6.92 Å². The van der Waals surface area contributed by atoms with Gasteiger partial charge in [0.25, 0.3) is 0 Å². The smallest absolute Gasteiger partial charge is 0.166 e. The molecule has 1 aromatic rings. The van der Waals surface area contributed by atoms with Gasteiger partial charge in [0.1, 0.15) is 5.60 Å². The summed E-state index contributed by atoms with van der Waals surface area (Å²) >= 11 is 0. The lowest BCUT2D eigenvalue weighted by Crippen LogP contribution is -2.38. The number of aromatic nitrogens is 2. The standard InChI is InChI=1S/C16H22N2O3/c1-2-21-16(7-9-20-10-8-16)15-17-11-12-13(18-15)5-3-4-6-14(12)19/h11H,2-10H2,1H3. The first-order chi connectivity index (χ1) is 10.2. The van der Waals surface area contributed by atoms with Crippen LogP contribution < -0.4 is 0 Å². The zero-order chi connectivity index (χ0) is 14.7. The second-order valence-electron chi connectivity index (χ2n) is 5.72. The Labute approximate surface area is 125 Å². The SMILES string of the molecule is CCOC1(c2ncc3c(n2)CCCCC3=O)CCOCC1. The van der Waals surface area contributed by atoms with Gasteiger partial charge in [-0.1, -0.05) is 0 Å². The van der Waals surface area contributed by atoms with Gasteiger partial charge < -0.3 is 9.47 Å². The third-order valence-electron chi connectivity index (χ3n) is 4.36. The summed E-state index contributed by atoms with van der Waals surface area (Å²) in [4.78, 5) is 21.3. The van der Waals surface area contributed by atoms with Crippen molar-refractivity contribution >= 4 is 5.78 Å². The van der Waals surface area contributed by atoms with Crippen molar-refractivity contribution in [2.75, 3.05) is 19.8 Å². The summed E-state index contributed by atoms with van der Waals surface area (Å²) in [5.74, 6) is 0.896. The Kier molecular flexibility index (Phi) is 4.31. The largest absolute Gasteiger partial charge is 0.381 e. The molecule has 0 aromatic carbocycles. The molecule has 1 saturated heterocycles. The topological polar surface area (TPSA) is 61.3 Å². The minimum atomic E-state index is -0.447. The predicted molar refractivity (Wildman–Crippen MR) is 77.3 cm³/mol. The average Bonchev–Trinajstić information content (AvgIpc) is 2.70. The zero-order valence-corrected chi connectivity index (χ0v) is 12.6. The Bertz CT molecular complexity index is 519. The van der Waals surface area contributed by atoms with E-state index in [-0.39, 0.29) is 5.78 Å². The summed E-state index contributed by atoms with van der Waals surface area (Å²) in [5, 5.41) is 0. The summed E-state index contributed by atoms with van der Waals surface area (Å²) in [7, 11) is 0. The van der Waals surface area contributed by atoms with Crippen LogP contribution in [0.25, 0.3) is 0 Å². The van der Waals surface area contributed by atoms with Gasteiger partial charge in [-0.25, -0.2) is 9.97 Å². The van der Waals surface area contributed by atoms with Crippen LogP contribution >= 0.6 is 0 Å². The number of hydrogen-bond donors (Lipinski definition) is 0. The number of ether oxygens (including phenoxy) is 2. The molecule has 3 rings (SSSR count). The molecule has 0 radical (unpaired) electrons. The van der Waals surface area contributed by atoms with Crippen molar-refractivity contribution in [2.45, 2.75) is 51.0 Å². The normalized spacial score (nSPS) is 21.7. The van der Waals surface area contributed by atoms with Crippen molar-refractivity contribution in [1.29, 1.82) is 0 Å². The molecule has 5 nitrogen and oxygen atoms in total. The molecular formula is C16H22N2O3. The summed E-state index contributed by atoms with van der Waals surface area (Å²) in [6, 6.07) is 0. The van der Waals surface area contributed by atoms with Crippen LogP contribution in [0.4, 0.5) is 0 Å². The van der Waals surface area contributed by atoms with E-state index in [0.29, 0.717) is 31.8 Å². The molecule has 0 unspecified atom stereocenters. The van der Waals surface area contributed by atoms with Gasteiger partial charge in [0.05, 0.1) is 11.3 Å². The van der Waals surface area contributed by atoms with Crippen LogP contribution in [0.5, 0.6) is 0 Å². The summed E-state index contributed by atoms with van der Waals surface area (Å²) in [6.07, 6.45) is 6.67. The van der Waals surface area contributed by atoms with Gasteiger partial charge in [-0.2, -0.15) is 0 Å². The molecule has 1 aliphatic heterocycles. The van der Waals surface area contributed by atoms with Crippen molar-refractivity contribution in [2.24, 2.45) is 0 Å². The monoisotopic (exact) mass is 290 g/mol.